The fourth-order valence-corrected chi connectivity index (χ4v) is 3.62. The fraction of sp³-hybridized carbons (Fsp3) is 0.320. The number of hydrogen-bond donors (Lipinski definition) is 2. The molecule has 0 atom stereocenters. The summed E-state index contributed by atoms with van der Waals surface area (Å²) in [4.78, 5) is 25.5. The summed E-state index contributed by atoms with van der Waals surface area (Å²) in [6.45, 7) is 3.77. The van der Waals surface area contributed by atoms with Crippen molar-refractivity contribution in [2.24, 2.45) is 0 Å². The van der Waals surface area contributed by atoms with Gasteiger partial charge in [0.05, 0.1) is 23.1 Å². The van der Waals surface area contributed by atoms with Gasteiger partial charge in [0.15, 0.2) is 0 Å². The van der Waals surface area contributed by atoms with Crippen LogP contribution in [-0.4, -0.2) is 41.4 Å². The van der Waals surface area contributed by atoms with Gasteiger partial charge in [-0.3, -0.25) is 9.59 Å². The van der Waals surface area contributed by atoms with Gasteiger partial charge >= 0.3 is 0 Å². The lowest BCUT2D eigenvalue weighted by Crippen LogP contribution is -2.25. The van der Waals surface area contributed by atoms with Crippen LogP contribution in [0.1, 0.15) is 58.5 Å². The number of hydrogen-bond acceptors (Lipinski definition) is 4. The van der Waals surface area contributed by atoms with Crippen molar-refractivity contribution >= 4 is 17.5 Å². The van der Waals surface area contributed by atoms with Gasteiger partial charge in [0.25, 0.3) is 11.8 Å². The molecule has 0 radical (unpaired) electrons. The molecule has 1 aliphatic carbocycles. The Hall–Kier alpha value is -3.45. The van der Waals surface area contributed by atoms with Crippen molar-refractivity contribution in [2.45, 2.75) is 32.1 Å². The molecule has 3 aromatic rings. The molecule has 1 saturated carbocycles. The Morgan fingerprint density at radius 2 is 1.91 bits per heavy atom. The van der Waals surface area contributed by atoms with Crippen molar-refractivity contribution in [1.82, 2.24) is 15.1 Å². The van der Waals surface area contributed by atoms with Crippen LogP contribution < -0.4 is 10.6 Å². The van der Waals surface area contributed by atoms with Crippen LogP contribution in [-0.2, 0) is 4.74 Å². The van der Waals surface area contributed by atoms with Crippen LogP contribution in [0.4, 0.5) is 5.69 Å². The second kappa shape index (κ2) is 10.2. The van der Waals surface area contributed by atoms with E-state index in [1.807, 2.05) is 41.9 Å². The first-order valence-electron chi connectivity index (χ1n) is 11.1. The van der Waals surface area contributed by atoms with Crippen LogP contribution in [0.3, 0.4) is 0 Å². The van der Waals surface area contributed by atoms with Gasteiger partial charge in [-0.25, -0.2) is 4.68 Å². The minimum Gasteiger partial charge on any atom is -0.382 e. The summed E-state index contributed by atoms with van der Waals surface area (Å²) in [7, 11) is 0. The largest absolute Gasteiger partial charge is 0.382 e. The average Bonchev–Trinajstić information content (AvgIpc) is 3.56. The second-order valence-corrected chi connectivity index (χ2v) is 7.81. The standard InChI is InChI=1S/C25H28N4O3/c1-2-32-15-7-14-26-24(30)19-8-6-9-20(16-19)28-25(31)22-17-27-29(23(22)18-12-13-18)21-10-4-3-5-11-21/h3-6,8-11,16-18H,2,7,12-15H2,1H3,(H,26,30)(H,28,31). The van der Waals surface area contributed by atoms with Crippen molar-refractivity contribution in [3.63, 3.8) is 0 Å². The quantitative estimate of drug-likeness (QED) is 0.471. The molecule has 1 heterocycles. The van der Waals surface area contributed by atoms with Gasteiger partial charge in [-0.05, 0) is 56.5 Å². The Labute approximate surface area is 187 Å². The molecule has 1 aliphatic rings. The number of carbonyl (C=O) groups is 2. The van der Waals surface area contributed by atoms with E-state index in [1.54, 1.807) is 30.5 Å². The Balaban J connectivity index is 1.45. The molecular formula is C25H28N4O3. The van der Waals surface area contributed by atoms with E-state index < -0.39 is 0 Å². The highest BCUT2D eigenvalue weighted by atomic mass is 16.5. The van der Waals surface area contributed by atoms with E-state index in [1.165, 1.54) is 0 Å². The van der Waals surface area contributed by atoms with Gasteiger partial charge in [-0.15, -0.1) is 0 Å². The zero-order chi connectivity index (χ0) is 22.3. The Bertz CT molecular complexity index is 1070. The van der Waals surface area contributed by atoms with Crippen LogP contribution in [0, 0.1) is 0 Å². The number of carbonyl (C=O) groups excluding carboxylic acids is 2. The maximum absolute atomic E-state index is 13.1. The molecular weight excluding hydrogens is 404 g/mol. The maximum atomic E-state index is 13.1. The Morgan fingerprint density at radius 1 is 1.09 bits per heavy atom. The third-order valence-electron chi connectivity index (χ3n) is 5.35. The maximum Gasteiger partial charge on any atom is 0.259 e. The van der Waals surface area contributed by atoms with Gasteiger partial charge in [0.1, 0.15) is 0 Å². The number of amides is 2. The topological polar surface area (TPSA) is 85.2 Å². The third kappa shape index (κ3) is 5.23. The number of anilines is 1. The van der Waals surface area contributed by atoms with Crippen molar-refractivity contribution in [3.05, 3.63) is 77.6 Å². The predicted molar refractivity (Wildman–Crippen MR) is 123 cm³/mol. The number of nitrogens with zero attached hydrogens (tertiary/aromatic N) is 2. The molecule has 166 valence electrons. The smallest absolute Gasteiger partial charge is 0.259 e. The molecule has 0 spiro atoms. The first-order chi connectivity index (χ1) is 15.7. The van der Waals surface area contributed by atoms with Crippen molar-refractivity contribution < 1.29 is 14.3 Å². The van der Waals surface area contributed by atoms with Crippen LogP contribution in [0.5, 0.6) is 0 Å². The molecule has 2 N–H and O–H groups in total. The molecule has 1 fully saturated rings. The summed E-state index contributed by atoms with van der Waals surface area (Å²) in [6, 6.07) is 16.8. The van der Waals surface area contributed by atoms with E-state index in [0.29, 0.717) is 42.5 Å². The van der Waals surface area contributed by atoms with Gasteiger partial charge < -0.3 is 15.4 Å². The minimum atomic E-state index is -0.219. The number of nitrogens with one attached hydrogen (secondary N) is 2. The molecule has 1 aromatic heterocycles. The summed E-state index contributed by atoms with van der Waals surface area (Å²) in [6.07, 6.45) is 4.49. The number of ether oxygens (including phenoxy) is 1. The van der Waals surface area contributed by atoms with Crippen LogP contribution >= 0.6 is 0 Å². The highest BCUT2D eigenvalue weighted by molar-refractivity contribution is 6.06. The summed E-state index contributed by atoms with van der Waals surface area (Å²) < 4.78 is 7.14. The van der Waals surface area contributed by atoms with E-state index in [4.69, 9.17) is 4.74 Å². The van der Waals surface area contributed by atoms with E-state index >= 15 is 0 Å². The predicted octanol–water partition coefficient (Wildman–Crippen LogP) is 4.16. The molecule has 0 saturated heterocycles. The van der Waals surface area contributed by atoms with E-state index in [9.17, 15) is 9.59 Å². The van der Waals surface area contributed by atoms with Crippen LogP contribution in [0.25, 0.3) is 5.69 Å². The van der Waals surface area contributed by atoms with Crippen molar-refractivity contribution in [1.29, 1.82) is 0 Å². The molecule has 0 bridgehead atoms. The minimum absolute atomic E-state index is 0.173. The molecule has 2 amide bonds. The molecule has 0 aliphatic heterocycles. The number of benzene rings is 2. The monoisotopic (exact) mass is 432 g/mol. The molecule has 32 heavy (non-hydrogen) atoms. The van der Waals surface area contributed by atoms with Crippen LogP contribution in [0.15, 0.2) is 60.8 Å². The van der Waals surface area contributed by atoms with E-state index in [2.05, 4.69) is 15.7 Å². The summed E-state index contributed by atoms with van der Waals surface area (Å²) in [5.41, 5.74) is 3.53. The van der Waals surface area contributed by atoms with Gasteiger partial charge in [0.2, 0.25) is 0 Å². The van der Waals surface area contributed by atoms with Crippen molar-refractivity contribution in [2.75, 3.05) is 25.1 Å². The van der Waals surface area contributed by atoms with E-state index in [-0.39, 0.29) is 11.8 Å². The summed E-state index contributed by atoms with van der Waals surface area (Å²) in [5.74, 6) is -0.0521. The normalized spacial score (nSPS) is 13.0. The average molecular weight is 433 g/mol. The first kappa shape index (κ1) is 21.8. The lowest BCUT2D eigenvalue weighted by Gasteiger charge is -2.10. The highest BCUT2D eigenvalue weighted by Gasteiger charge is 2.33. The lowest BCUT2D eigenvalue weighted by atomic mass is 10.1. The third-order valence-corrected chi connectivity index (χ3v) is 5.35. The zero-order valence-electron chi connectivity index (χ0n) is 18.2. The van der Waals surface area contributed by atoms with Gasteiger partial charge in [0, 0.05) is 36.9 Å². The second-order valence-electron chi connectivity index (χ2n) is 7.81. The molecule has 0 unspecified atom stereocenters. The number of aromatic nitrogens is 2. The SMILES string of the molecule is CCOCCCNC(=O)c1cccc(NC(=O)c2cnn(-c3ccccc3)c2C2CC2)c1. The first-order valence-corrected chi connectivity index (χ1v) is 11.1. The van der Waals surface area contributed by atoms with Gasteiger partial charge in [-0.2, -0.15) is 5.10 Å². The summed E-state index contributed by atoms with van der Waals surface area (Å²) in [5, 5.41) is 10.3. The number of rotatable bonds is 10. The lowest BCUT2D eigenvalue weighted by molar-refractivity contribution is 0.0943. The molecule has 7 nitrogen and oxygen atoms in total. The number of para-hydroxylation sites is 1. The molecule has 7 heteroatoms. The van der Waals surface area contributed by atoms with Gasteiger partial charge in [-0.1, -0.05) is 24.3 Å². The molecule has 2 aromatic carbocycles. The fourth-order valence-electron chi connectivity index (χ4n) is 3.62. The van der Waals surface area contributed by atoms with E-state index in [0.717, 1.165) is 30.6 Å². The molecule has 4 rings (SSSR count). The highest BCUT2D eigenvalue weighted by Crippen LogP contribution is 2.42. The Kier molecular flexibility index (Phi) is 6.97. The zero-order valence-corrected chi connectivity index (χ0v) is 18.2. The Morgan fingerprint density at radius 3 is 2.66 bits per heavy atom. The van der Waals surface area contributed by atoms with Crippen LogP contribution in [0.2, 0.25) is 0 Å². The summed E-state index contributed by atoms with van der Waals surface area (Å²) >= 11 is 0. The van der Waals surface area contributed by atoms with Crippen molar-refractivity contribution in [3.8, 4) is 5.69 Å².